The van der Waals surface area contributed by atoms with Crippen molar-refractivity contribution in [2.75, 3.05) is 5.32 Å². The van der Waals surface area contributed by atoms with E-state index in [4.69, 9.17) is 0 Å². The summed E-state index contributed by atoms with van der Waals surface area (Å²) in [5.41, 5.74) is 0.304. The van der Waals surface area contributed by atoms with Gasteiger partial charge in [-0.3, -0.25) is 19.4 Å². The molecular weight excluding hydrogens is 313 g/mol. The van der Waals surface area contributed by atoms with Crippen LogP contribution in [0.5, 0.6) is 0 Å². The van der Waals surface area contributed by atoms with Crippen LogP contribution in [0.25, 0.3) is 0 Å². The maximum absolute atomic E-state index is 12.4. The van der Waals surface area contributed by atoms with Crippen molar-refractivity contribution in [3.63, 3.8) is 0 Å². The van der Waals surface area contributed by atoms with Crippen LogP contribution < -0.4 is 5.32 Å². The van der Waals surface area contributed by atoms with Gasteiger partial charge in [-0.2, -0.15) is 18.3 Å². The van der Waals surface area contributed by atoms with Gasteiger partial charge in [-0.05, 0) is 26.7 Å². The number of aryl methyl sites for hydroxylation is 2. The summed E-state index contributed by atoms with van der Waals surface area (Å²) in [5.74, 6) is 0.440. The van der Waals surface area contributed by atoms with E-state index in [9.17, 15) is 18.0 Å². The first kappa shape index (κ1) is 15.5. The fourth-order valence-corrected chi connectivity index (χ4v) is 2.40. The number of aromatic nitrogens is 5. The van der Waals surface area contributed by atoms with Crippen molar-refractivity contribution < 1.29 is 18.0 Å². The minimum atomic E-state index is -4.39. The Morgan fingerprint density at radius 2 is 2.04 bits per heavy atom. The minimum absolute atomic E-state index is 0.0808. The van der Waals surface area contributed by atoms with Crippen LogP contribution in [0.15, 0.2) is 6.20 Å². The van der Waals surface area contributed by atoms with Gasteiger partial charge in [0, 0.05) is 12.2 Å². The first-order valence-corrected chi connectivity index (χ1v) is 7.08. The van der Waals surface area contributed by atoms with E-state index in [0.29, 0.717) is 16.5 Å². The van der Waals surface area contributed by atoms with E-state index >= 15 is 0 Å². The zero-order valence-corrected chi connectivity index (χ0v) is 12.6. The average Bonchev–Trinajstić information content (AvgIpc) is 3.10. The number of amides is 1. The largest absolute Gasteiger partial charge is 0.408 e. The molecule has 1 amide bonds. The van der Waals surface area contributed by atoms with Crippen LogP contribution >= 0.6 is 0 Å². The second-order valence-corrected chi connectivity index (χ2v) is 5.57. The molecule has 2 heterocycles. The summed E-state index contributed by atoms with van der Waals surface area (Å²) in [5, 5.41) is 14.2. The van der Waals surface area contributed by atoms with Crippen LogP contribution in [0.4, 0.5) is 19.1 Å². The standard InChI is InChI=1S/C13H15F3N6O/c1-7-10(5-21(20-7)6-13(14,15)16)11(23)17-12-19-18-8(2)22(12)9-3-4-9/h5,9H,3-4,6H2,1-2H3,(H,17,19,23). The Bertz CT molecular complexity index is 743. The first-order chi connectivity index (χ1) is 10.7. The molecule has 23 heavy (non-hydrogen) atoms. The molecule has 1 saturated carbocycles. The normalized spacial score (nSPS) is 15.0. The fraction of sp³-hybridized carbons (Fsp3) is 0.538. The lowest BCUT2D eigenvalue weighted by atomic mass is 10.2. The van der Waals surface area contributed by atoms with Gasteiger partial charge in [0.25, 0.3) is 5.91 Å². The van der Waals surface area contributed by atoms with Gasteiger partial charge >= 0.3 is 6.18 Å². The number of hydrogen-bond donors (Lipinski definition) is 1. The van der Waals surface area contributed by atoms with E-state index in [2.05, 4.69) is 20.6 Å². The van der Waals surface area contributed by atoms with Gasteiger partial charge in [-0.15, -0.1) is 10.2 Å². The lowest BCUT2D eigenvalue weighted by Gasteiger charge is -2.07. The molecule has 3 rings (SSSR count). The molecule has 0 aromatic carbocycles. The number of alkyl halides is 3. The van der Waals surface area contributed by atoms with E-state index in [1.807, 2.05) is 4.57 Å². The third-order valence-corrected chi connectivity index (χ3v) is 3.54. The zero-order valence-electron chi connectivity index (χ0n) is 12.6. The van der Waals surface area contributed by atoms with Crippen LogP contribution in [-0.2, 0) is 6.54 Å². The number of rotatable bonds is 4. The van der Waals surface area contributed by atoms with Crippen LogP contribution in [-0.4, -0.2) is 36.6 Å². The molecule has 1 N–H and O–H groups in total. The highest BCUT2D eigenvalue weighted by Crippen LogP contribution is 2.37. The number of anilines is 1. The molecule has 7 nitrogen and oxygen atoms in total. The van der Waals surface area contributed by atoms with Crippen molar-refractivity contribution in [3.05, 3.63) is 23.3 Å². The molecule has 0 spiro atoms. The number of nitrogens with zero attached hydrogens (tertiary/aromatic N) is 5. The molecule has 10 heteroatoms. The Morgan fingerprint density at radius 1 is 1.35 bits per heavy atom. The second-order valence-electron chi connectivity index (χ2n) is 5.57. The molecule has 0 aliphatic heterocycles. The van der Waals surface area contributed by atoms with E-state index in [1.54, 1.807) is 6.92 Å². The summed E-state index contributed by atoms with van der Waals surface area (Å²) in [6.45, 7) is 2.03. The molecule has 1 aliphatic carbocycles. The first-order valence-electron chi connectivity index (χ1n) is 7.08. The summed E-state index contributed by atoms with van der Waals surface area (Å²) in [6.07, 6.45) is -1.33. The van der Waals surface area contributed by atoms with Crippen LogP contribution in [0.2, 0.25) is 0 Å². The molecule has 124 valence electrons. The average molecular weight is 328 g/mol. The van der Waals surface area contributed by atoms with Crippen molar-refractivity contribution in [3.8, 4) is 0 Å². The lowest BCUT2D eigenvalue weighted by molar-refractivity contribution is -0.142. The Kier molecular flexibility index (Phi) is 3.61. The highest BCUT2D eigenvalue weighted by Gasteiger charge is 2.31. The third kappa shape index (κ3) is 3.35. The topological polar surface area (TPSA) is 77.6 Å². The number of hydrogen-bond acceptors (Lipinski definition) is 4. The van der Waals surface area contributed by atoms with E-state index < -0.39 is 18.6 Å². The van der Waals surface area contributed by atoms with Gasteiger partial charge < -0.3 is 0 Å². The van der Waals surface area contributed by atoms with Crippen LogP contribution in [0.3, 0.4) is 0 Å². The molecule has 2 aromatic rings. The summed E-state index contributed by atoms with van der Waals surface area (Å²) in [6, 6.07) is 0.273. The summed E-state index contributed by atoms with van der Waals surface area (Å²) in [7, 11) is 0. The molecular formula is C13H15F3N6O. The lowest BCUT2D eigenvalue weighted by Crippen LogP contribution is -2.18. The van der Waals surface area contributed by atoms with E-state index in [1.165, 1.54) is 6.92 Å². The number of nitrogens with one attached hydrogen (secondary N) is 1. The number of halogens is 3. The van der Waals surface area contributed by atoms with Crippen molar-refractivity contribution in [1.82, 2.24) is 24.5 Å². The SMILES string of the molecule is Cc1nn(CC(F)(F)F)cc1C(=O)Nc1nnc(C)n1C1CC1. The van der Waals surface area contributed by atoms with Gasteiger partial charge in [0.1, 0.15) is 12.4 Å². The highest BCUT2D eigenvalue weighted by molar-refractivity contribution is 6.04. The Hall–Kier alpha value is -2.39. The molecule has 1 aliphatic rings. The molecule has 0 radical (unpaired) electrons. The predicted molar refractivity (Wildman–Crippen MR) is 74.0 cm³/mol. The van der Waals surface area contributed by atoms with Gasteiger partial charge in [0.2, 0.25) is 5.95 Å². The summed E-state index contributed by atoms with van der Waals surface area (Å²) < 4.78 is 39.7. The van der Waals surface area contributed by atoms with Crippen molar-refractivity contribution >= 4 is 11.9 Å². The van der Waals surface area contributed by atoms with Gasteiger partial charge in [-0.1, -0.05) is 0 Å². The zero-order chi connectivity index (χ0) is 16.8. The van der Waals surface area contributed by atoms with E-state index in [0.717, 1.165) is 19.0 Å². The van der Waals surface area contributed by atoms with Gasteiger partial charge in [0.15, 0.2) is 0 Å². The molecule has 0 saturated heterocycles. The fourth-order valence-electron chi connectivity index (χ4n) is 2.40. The third-order valence-electron chi connectivity index (χ3n) is 3.54. The summed E-state index contributed by atoms with van der Waals surface area (Å²) in [4.78, 5) is 12.3. The Labute approximate surface area is 129 Å². The van der Waals surface area contributed by atoms with Crippen molar-refractivity contribution in [2.24, 2.45) is 0 Å². The number of carbonyl (C=O) groups is 1. The molecule has 0 bridgehead atoms. The second kappa shape index (κ2) is 5.36. The number of carbonyl (C=O) groups excluding carboxylic acids is 1. The minimum Gasteiger partial charge on any atom is -0.294 e. The molecule has 2 aromatic heterocycles. The maximum Gasteiger partial charge on any atom is 0.408 e. The van der Waals surface area contributed by atoms with Crippen LogP contribution in [0.1, 0.15) is 40.8 Å². The Balaban J connectivity index is 1.79. The smallest absolute Gasteiger partial charge is 0.294 e. The monoisotopic (exact) mass is 328 g/mol. The quantitative estimate of drug-likeness (QED) is 0.934. The van der Waals surface area contributed by atoms with Crippen molar-refractivity contribution in [1.29, 1.82) is 0 Å². The predicted octanol–water partition coefficient (Wildman–Crippen LogP) is 2.24. The van der Waals surface area contributed by atoms with Crippen molar-refractivity contribution in [2.45, 2.75) is 45.5 Å². The maximum atomic E-state index is 12.4. The summed E-state index contributed by atoms with van der Waals surface area (Å²) >= 11 is 0. The van der Waals surface area contributed by atoms with Gasteiger partial charge in [-0.25, -0.2) is 0 Å². The van der Waals surface area contributed by atoms with Gasteiger partial charge in [0.05, 0.1) is 11.3 Å². The molecule has 1 fully saturated rings. The highest BCUT2D eigenvalue weighted by atomic mass is 19.4. The molecule has 0 unspecified atom stereocenters. The Morgan fingerprint density at radius 3 is 2.65 bits per heavy atom. The molecule has 0 atom stereocenters. The van der Waals surface area contributed by atoms with E-state index in [-0.39, 0.29) is 17.3 Å². The van der Waals surface area contributed by atoms with Crippen LogP contribution in [0, 0.1) is 13.8 Å².